The van der Waals surface area contributed by atoms with Crippen LogP contribution in [0.5, 0.6) is 5.75 Å². The summed E-state index contributed by atoms with van der Waals surface area (Å²) < 4.78 is 40.6. The normalized spacial score (nSPS) is 13.8. The molecule has 174 valence electrons. The van der Waals surface area contributed by atoms with Crippen LogP contribution in [-0.4, -0.2) is 32.1 Å². The van der Waals surface area contributed by atoms with Crippen LogP contribution in [0.1, 0.15) is 46.6 Å². The summed E-state index contributed by atoms with van der Waals surface area (Å²) in [6.45, 7) is 8.42. The predicted octanol–water partition coefficient (Wildman–Crippen LogP) is 3.29. The van der Waals surface area contributed by atoms with Crippen LogP contribution in [0, 0.1) is 0 Å². The van der Waals surface area contributed by atoms with Gasteiger partial charge in [0.15, 0.2) is 5.54 Å². The molecule has 8 nitrogen and oxygen atoms in total. The molecular weight excluding hydrogens is 434 g/mol. The molecule has 0 saturated carbocycles. The third-order valence-corrected chi connectivity index (χ3v) is 5.42. The topological polar surface area (TPSA) is 122 Å². The van der Waals surface area contributed by atoms with Crippen LogP contribution in [0.15, 0.2) is 59.5 Å². The van der Waals surface area contributed by atoms with E-state index in [9.17, 15) is 18.0 Å². The summed E-state index contributed by atoms with van der Waals surface area (Å²) >= 11 is 0. The lowest BCUT2D eigenvalue weighted by Gasteiger charge is -2.31. The molecule has 1 unspecified atom stereocenters. The zero-order valence-electron chi connectivity index (χ0n) is 18.8. The van der Waals surface area contributed by atoms with E-state index in [2.05, 4.69) is 0 Å². The van der Waals surface area contributed by atoms with E-state index in [0.717, 1.165) is 0 Å². The van der Waals surface area contributed by atoms with Gasteiger partial charge in [0.1, 0.15) is 16.2 Å². The Morgan fingerprint density at radius 2 is 1.53 bits per heavy atom. The number of benzene rings is 2. The molecule has 0 amide bonds. The van der Waals surface area contributed by atoms with E-state index >= 15 is 0 Å². The minimum Gasteiger partial charge on any atom is -0.463 e. The lowest BCUT2D eigenvalue weighted by Crippen LogP contribution is -2.50. The van der Waals surface area contributed by atoms with Crippen molar-refractivity contribution < 1.29 is 31.7 Å². The molecule has 0 spiro atoms. The predicted molar refractivity (Wildman–Crippen MR) is 118 cm³/mol. The van der Waals surface area contributed by atoms with Crippen molar-refractivity contribution in [2.75, 3.05) is 0 Å². The number of hydrogen-bond acceptors (Lipinski definition) is 8. The average Bonchev–Trinajstić information content (AvgIpc) is 2.66. The molecule has 0 radical (unpaired) electrons. The van der Waals surface area contributed by atoms with Crippen molar-refractivity contribution in [2.24, 2.45) is 5.73 Å². The maximum Gasteiger partial charge on any atom is 0.339 e. The van der Waals surface area contributed by atoms with Gasteiger partial charge in [-0.1, -0.05) is 30.3 Å². The van der Waals surface area contributed by atoms with Gasteiger partial charge >= 0.3 is 22.1 Å². The molecule has 2 aromatic rings. The van der Waals surface area contributed by atoms with E-state index in [4.69, 9.17) is 19.4 Å². The molecule has 0 aliphatic rings. The van der Waals surface area contributed by atoms with Gasteiger partial charge in [0.25, 0.3) is 0 Å². The van der Waals surface area contributed by atoms with Gasteiger partial charge in [0.2, 0.25) is 0 Å². The Kier molecular flexibility index (Phi) is 7.69. The van der Waals surface area contributed by atoms with Gasteiger partial charge < -0.3 is 19.4 Å². The fourth-order valence-corrected chi connectivity index (χ4v) is 3.71. The zero-order chi connectivity index (χ0) is 24.2. The molecule has 0 heterocycles. The Balaban J connectivity index is 2.33. The minimum absolute atomic E-state index is 0.00225. The van der Waals surface area contributed by atoms with Gasteiger partial charge in [-0.2, -0.15) is 8.42 Å². The van der Waals surface area contributed by atoms with Gasteiger partial charge in [0.05, 0.1) is 12.5 Å². The summed E-state index contributed by atoms with van der Waals surface area (Å²) in [6, 6.07) is 13.2. The first kappa shape index (κ1) is 25.4. The monoisotopic (exact) mass is 463 g/mol. The average molecular weight is 464 g/mol. The summed E-state index contributed by atoms with van der Waals surface area (Å²) in [5.74, 6) is -1.45. The lowest BCUT2D eigenvalue weighted by atomic mass is 9.87. The van der Waals surface area contributed by atoms with E-state index in [1.165, 1.54) is 36.4 Å². The van der Waals surface area contributed by atoms with Gasteiger partial charge in [-0.05, 0) is 64.4 Å². The van der Waals surface area contributed by atoms with Crippen LogP contribution < -0.4 is 9.92 Å². The van der Waals surface area contributed by atoms with E-state index in [1.807, 2.05) is 0 Å². The van der Waals surface area contributed by atoms with Crippen molar-refractivity contribution in [3.8, 4) is 5.75 Å². The van der Waals surface area contributed by atoms with Crippen LogP contribution in [-0.2, 0) is 34.7 Å². The summed E-state index contributed by atoms with van der Waals surface area (Å²) in [6.07, 6.45) is -0.841. The number of carbonyl (C=O) groups is 2. The molecule has 0 saturated heterocycles. The maximum atomic E-state index is 12.9. The molecule has 32 heavy (non-hydrogen) atoms. The van der Waals surface area contributed by atoms with Gasteiger partial charge in [-0.15, -0.1) is 0 Å². The molecule has 0 aliphatic heterocycles. The smallest absolute Gasteiger partial charge is 0.339 e. The Bertz CT molecular complexity index is 1040. The van der Waals surface area contributed by atoms with Gasteiger partial charge in [0, 0.05) is 0 Å². The third kappa shape index (κ3) is 6.80. The molecule has 0 aliphatic carbocycles. The highest BCUT2D eigenvalue weighted by Gasteiger charge is 2.42. The third-order valence-electron chi connectivity index (χ3n) is 4.16. The molecule has 0 bridgehead atoms. The molecule has 1 atom stereocenters. The number of nitrogens with two attached hydrogens (primary N) is 1. The number of rotatable bonds is 8. The quantitative estimate of drug-likeness (QED) is 0.467. The summed E-state index contributed by atoms with van der Waals surface area (Å²) in [4.78, 5) is 25.2. The second-order valence-electron chi connectivity index (χ2n) is 8.56. The number of esters is 2. The fraction of sp³-hybridized carbons (Fsp3) is 0.391. The molecule has 2 rings (SSSR count). The van der Waals surface area contributed by atoms with Gasteiger partial charge in [-0.3, -0.25) is 4.79 Å². The van der Waals surface area contributed by atoms with E-state index < -0.39 is 39.6 Å². The van der Waals surface area contributed by atoms with Crippen molar-refractivity contribution in [3.63, 3.8) is 0 Å². The summed E-state index contributed by atoms with van der Waals surface area (Å²) in [5.41, 5.74) is 3.95. The number of carbonyl (C=O) groups excluding carboxylic acids is 2. The van der Waals surface area contributed by atoms with E-state index in [1.54, 1.807) is 52.8 Å². The first-order chi connectivity index (χ1) is 14.7. The Hall–Kier alpha value is -2.91. The van der Waals surface area contributed by atoms with Crippen LogP contribution in [0.2, 0.25) is 0 Å². The molecule has 9 heteroatoms. The molecule has 2 N–H and O–H groups in total. The van der Waals surface area contributed by atoms with Crippen molar-refractivity contribution in [3.05, 3.63) is 60.2 Å². The molecule has 0 fully saturated rings. The Morgan fingerprint density at radius 1 is 0.969 bits per heavy atom. The highest BCUT2D eigenvalue weighted by Crippen LogP contribution is 2.29. The van der Waals surface area contributed by atoms with Crippen molar-refractivity contribution in [2.45, 2.75) is 63.2 Å². The Labute approximate surface area is 188 Å². The standard InChI is InChI=1S/C23H29NO7S/c1-16(2)29-20(25)15-23(24,21(26)30-22(3,4)5)17-11-13-18(14-12-17)31-32(27,28)19-9-7-6-8-10-19/h6-14,16H,15,24H2,1-5H3. The number of ether oxygens (including phenoxy) is 2. The van der Waals surface area contributed by atoms with Crippen LogP contribution >= 0.6 is 0 Å². The fourth-order valence-electron chi connectivity index (χ4n) is 2.76. The first-order valence-corrected chi connectivity index (χ1v) is 11.5. The summed E-state index contributed by atoms with van der Waals surface area (Å²) in [7, 11) is -4.03. The van der Waals surface area contributed by atoms with E-state index in [0.29, 0.717) is 0 Å². The van der Waals surface area contributed by atoms with Crippen LogP contribution in [0.3, 0.4) is 0 Å². The highest BCUT2D eigenvalue weighted by molar-refractivity contribution is 7.87. The highest BCUT2D eigenvalue weighted by atomic mass is 32.2. The summed E-state index contributed by atoms with van der Waals surface area (Å²) in [5, 5.41) is 0. The zero-order valence-corrected chi connectivity index (χ0v) is 19.6. The first-order valence-electron chi connectivity index (χ1n) is 10.0. The van der Waals surface area contributed by atoms with E-state index in [-0.39, 0.29) is 22.3 Å². The van der Waals surface area contributed by atoms with Crippen LogP contribution in [0.4, 0.5) is 0 Å². The van der Waals surface area contributed by atoms with Crippen molar-refractivity contribution in [1.82, 2.24) is 0 Å². The Morgan fingerprint density at radius 3 is 2.03 bits per heavy atom. The van der Waals surface area contributed by atoms with Crippen molar-refractivity contribution in [1.29, 1.82) is 0 Å². The SMILES string of the molecule is CC(C)OC(=O)CC(N)(C(=O)OC(C)(C)C)c1ccc(OS(=O)(=O)c2ccccc2)cc1. The lowest BCUT2D eigenvalue weighted by molar-refractivity contribution is -0.167. The van der Waals surface area contributed by atoms with Crippen LogP contribution in [0.25, 0.3) is 0 Å². The molecule has 2 aromatic carbocycles. The minimum atomic E-state index is -4.03. The number of hydrogen-bond donors (Lipinski definition) is 1. The largest absolute Gasteiger partial charge is 0.463 e. The second kappa shape index (κ2) is 9.70. The van der Waals surface area contributed by atoms with Gasteiger partial charge in [-0.25, -0.2) is 4.79 Å². The van der Waals surface area contributed by atoms with Crippen molar-refractivity contribution >= 4 is 22.1 Å². The maximum absolute atomic E-state index is 12.9. The second-order valence-corrected chi connectivity index (χ2v) is 10.1. The molecule has 0 aromatic heterocycles. The molecular formula is C23H29NO7S.